The van der Waals surface area contributed by atoms with E-state index in [0.717, 1.165) is 11.3 Å². The zero-order chi connectivity index (χ0) is 20.7. The zero-order valence-electron chi connectivity index (χ0n) is 16.8. The molecule has 2 amide bonds. The summed E-state index contributed by atoms with van der Waals surface area (Å²) >= 11 is 0. The van der Waals surface area contributed by atoms with Crippen molar-refractivity contribution in [3.05, 3.63) is 59.7 Å². The fourth-order valence-electron chi connectivity index (χ4n) is 3.00. The summed E-state index contributed by atoms with van der Waals surface area (Å²) in [4.78, 5) is 39.7. The largest absolute Gasteiger partial charge is 0.465 e. The van der Waals surface area contributed by atoms with Crippen molar-refractivity contribution in [2.45, 2.75) is 27.2 Å². The lowest BCUT2D eigenvalue weighted by molar-refractivity contribution is -0.118. The third-order valence-corrected chi connectivity index (χ3v) is 4.46. The summed E-state index contributed by atoms with van der Waals surface area (Å²) in [7, 11) is 1.32. The van der Waals surface area contributed by atoms with Crippen molar-refractivity contribution in [3.8, 4) is 0 Å². The van der Waals surface area contributed by atoms with Gasteiger partial charge in [0.1, 0.15) is 0 Å². The highest BCUT2D eigenvalue weighted by Gasteiger charge is 2.18. The van der Waals surface area contributed by atoms with Gasteiger partial charge in [0.25, 0.3) is 0 Å². The van der Waals surface area contributed by atoms with Crippen LogP contribution in [-0.2, 0) is 14.3 Å². The Morgan fingerprint density at radius 2 is 1.64 bits per heavy atom. The maximum atomic E-state index is 12.8. The van der Waals surface area contributed by atoms with Crippen LogP contribution in [0.4, 0.5) is 11.4 Å². The molecule has 2 aromatic carbocycles. The Bertz CT molecular complexity index is 846. The highest BCUT2D eigenvalue weighted by atomic mass is 16.5. The number of ether oxygens (including phenoxy) is 1. The molecule has 28 heavy (non-hydrogen) atoms. The zero-order valence-corrected chi connectivity index (χ0v) is 16.8. The van der Waals surface area contributed by atoms with E-state index in [4.69, 9.17) is 0 Å². The van der Waals surface area contributed by atoms with Gasteiger partial charge in [0.15, 0.2) is 0 Å². The van der Waals surface area contributed by atoms with Crippen LogP contribution in [0.3, 0.4) is 0 Å². The molecule has 0 aromatic heterocycles. The summed E-state index contributed by atoms with van der Waals surface area (Å²) in [6.07, 6.45) is 0.195. The highest BCUT2D eigenvalue weighted by Crippen LogP contribution is 2.19. The second-order valence-electron chi connectivity index (χ2n) is 6.44. The Kier molecular flexibility index (Phi) is 7.32. The predicted octanol–water partition coefficient (Wildman–Crippen LogP) is 3.58. The first-order chi connectivity index (χ1) is 13.4. The fourth-order valence-corrected chi connectivity index (χ4v) is 3.00. The third-order valence-electron chi connectivity index (χ3n) is 4.46. The number of hydrogen-bond donors (Lipinski definition) is 0. The summed E-state index contributed by atoms with van der Waals surface area (Å²) in [6, 6.07) is 14.3. The van der Waals surface area contributed by atoms with E-state index in [9.17, 15) is 14.4 Å². The number of aryl methyl sites for hydroxylation is 1. The van der Waals surface area contributed by atoms with Gasteiger partial charge in [0.2, 0.25) is 11.8 Å². The lowest BCUT2D eigenvalue weighted by Gasteiger charge is -2.25. The van der Waals surface area contributed by atoms with E-state index in [2.05, 4.69) is 4.74 Å². The summed E-state index contributed by atoms with van der Waals surface area (Å²) < 4.78 is 4.68. The molecule has 2 aromatic rings. The van der Waals surface area contributed by atoms with Gasteiger partial charge in [-0.25, -0.2) is 4.79 Å². The van der Waals surface area contributed by atoms with Crippen LogP contribution in [-0.4, -0.2) is 38.0 Å². The van der Waals surface area contributed by atoms with E-state index in [1.165, 1.54) is 18.9 Å². The van der Waals surface area contributed by atoms with Gasteiger partial charge >= 0.3 is 5.97 Å². The van der Waals surface area contributed by atoms with Crippen molar-refractivity contribution in [3.63, 3.8) is 0 Å². The monoisotopic (exact) mass is 382 g/mol. The van der Waals surface area contributed by atoms with Crippen LogP contribution in [0.5, 0.6) is 0 Å². The number of methoxy groups -OCH3 is 1. The van der Waals surface area contributed by atoms with Gasteiger partial charge in [-0.15, -0.1) is 0 Å². The molecule has 0 aliphatic rings. The molecule has 0 radical (unpaired) electrons. The lowest BCUT2D eigenvalue weighted by Crippen LogP contribution is -2.36. The number of esters is 1. The molecule has 0 heterocycles. The molecule has 0 aliphatic heterocycles. The molecule has 148 valence electrons. The van der Waals surface area contributed by atoms with Crippen LogP contribution in [0, 0.1) is 6.92 Å². The van der Waals surface area contributed by atoms with E-state index < -0.39 is 5.97 Å². The van der Waals surface area contributed by atoms with Crippen molar-refractivity contribution in [2.75, 3.05) is 30.0 Å². The molecule has 6 heteroatoms. The number of rotatable bonds is 7. The predicted molar refractivity (Wildman–Crippen MR) is 110 cm³/mol. The first kappa shape index (κ1) is 21.2. The Morgan fingerprint density at radius 3 is 2.18 bits per heavy atom. The molecule has 0 N–H and O–H groups in total. The second kappa shape index (κ2) is 9.69. The molecule has 0 saturated carbocycles. The third kappa shape index (κ3) is 5.19. The normalized spacial score (nSPS) is 10.3. The van der Waals surface area contributed by atoms with Crippen molar-refractivity contribution in [1.82, 2.24) is 0 Å². The van der Waals surface area contributed by atoms with E-state index in [1.54, 1.807) is 29.2 Å². The van der Waals surface area contributed by atoms with Crippen LogP contribution in [0.25, 0.3) is 0 Å². The van der Waals surface area contributed by atoms with Crippen LogP contribution in [0.15, 0.2) is 48.5 Å². The summed E-state index contributed by atoms with van der Waals surface area (Å²) in [6.45, 7) is 6.17. The molecule has 0 aliphatic carbocycles. The Hall–Kier alpha value is -3.15. The summed E-state index contributed by atoms with van der Waals surface area (Å²) in [5.41, 5.74) is 2.97. The van der Waals surface area contributed by atoms with Crippen LogP contribution < -0.4 is 9.80 Å². The molecule has 2 rings (SSSR count). The van der Waals surface area contributed by atoms with E-state index in [1.807, 2.05) is 38.1 Å². The van der Waals surface area contributed by atoms with Gasteiger partial charge in [-0.3, -0.25) is 9.59 Å². The van der Waals surface area contributed by atoms with Gasteiger partial charge in [0.05, 0.1) is 12.7 Å². The van der Waals surface area contributed by atoms with Crippen LogP contribution in [0.2, 0.25) is 0 Å². The second-order valence-corrected chi connectivity index (χ2v) is 6.44. The maximum absolute atomic E-state index is 12.8. The minimum Gasteiger partial charge on any atom is -0.465 e. The first-order valence-corrected chi connectivity index (χ1v) is 9.21. The molecule has 0 unspecified atom stereocenters. The molecule has 0 saturated heterocycles. The standard InChI is InChI=1S/C22H26N2O4/c1-5-23(20-8-6-7-16(2)15-20)21(26)13-14-24(17(3)25)19-11-9-18(10-12-19)22(27)28-4/h6-12,15H,5,13-14H2,1-4H3. The minimum atomic E-state index is -0.437. The Balaban J connectivity index is 2.11. The molecular formula is C22H26N2O4. The molecule has 0 bridgehead atoms. The summed E-state index contributed by atoms with van der Waals surface area (Å²) in [5, 5.41) is 0. The molecule has 0 fully saturated rings. The Morgan fingerprint density at radius 1 is 0.964 bits per heavy atom. The van der Waals surface area contributed by atoms with E-state index in [-0.39, 0.29) is 24.8 Å². The van der Waals surface area contributed by atoms with E-state index in [0.29, 0.717) is 17.8 Å². The van der Waals surface area contributed by atoms with Crippen LogP contribution >= 0.6 is 0 Å². The van der Waals surface area contributed by atoms with Gasteiger partial charge in [-0.05, 0) is 55.8 Å². The fraction of sp³-hybridized carbons (Fsp3) is 0.318. The number of benzene rings is 2. The molecule has 0 atom stereocenters. The van der Waals surface area contributed by atoms with Crippen LogP contribution in [0.1, 0.15) is 36.2 Å². The van der Waals surface area contributed by atoms with Crippen molar-refractivity contribution in [2.24, 2.45) is 0 Å². The van der Waals surface area contributed by atoms with Gasteiger partial charge in [0, 0.05) is 37.8 Å². The average Bonchev–Trinajstić information content (AvgIpc) is 2.68. The number of amides is 2. The molecule has 6 nitrogen and oxygen atoms in total. The number of anilines is 2. The molecular weight excluding hydrogens is 356 g/mol. The smallest absolute Gasteiger partial charge is 0.337 e. The summed E-state index contributed by atoms with van der Waals surface area (Å²) in [5.74, 6) is -0.657. The maximum Gasteiger partial charge on any atom is 0.337 e. The number of carbonyl (C=O) groups is 3. The first-order valence-electron chi connectivity index (χ1n) is 9.21. The van der Waals surface area contributed by atoms with Crippen molar-refractivity contribution >= 4 is 29.2 Å². The number of nitrogens with zero attached hydrogens (tertiary/aromatic N) is 2. The topological polar surface area (TPSA) is 66.9 Å². The van der Waals surface area contributed by atoms with Crippen molar-refractivity contribution in [1.29, 1.82) is 0 Å². The van der Waals surface area contributed by atoms with Gasteiger partial charge in [-0.2, -0.15) is 0 Å². The lowest BCUT2D eigenvalue weighted by atomic mass is 10.1. The SMILES string of the molecule is CCN(C(=O)CCN(C(C)=O)c1ccc(C(=O)OC)cc1)c1cccc(C)c1. The van der Waals surface area contributed by atoms with Crippen molar-refractivity contribution < 1.29 is 19.1 Å². The quantitative estimate of drug-likeness (QED) is 0.687. The average molecular weight is 382 g/mol. The van der Waals surface area contributed by atoms with Gasteiger partial charge < -0.3 is 14.5 Å². The number of carbonyl (C=O) groups excluding carboxylic acids is 3. The molecule has 0 spiro atoms. The highest BCUT2D eigenvalue weighted by molar-refractivity contribution is 5.96. The van der Waals surface area contributed by atoms with Gasteiger partial charge in [-0.1, -0.05) is 12.1 Å². The number of hydrogen-bond acceptors (Lipinski definition) is 4. The minimum absolute atomic E-state index is 0.0504. The Labute approximate surface area is 165 Å². The van der Waals surface area contributed by atoms with E-state index >= 15 is 0 Å².